The van der Waals surface area contributed by atoms with Gasteiger partial charge in [-0.3, -0.25) is 0 Å². The van der Waals surface area contributed by atoms with Gasteiger partial charge >= 0.3 is 6.55 Å². The normalized spacial score (nSPS) is 14.1. The van der Waals surface area contributed by atoms with E-state index in [0.29, 0.717) is 6.20 Å². The minimum atomic E-state index is -4.27. The highest BCUT2D eigenvalue weighted by Gasteiger charge is 2.41. The number of rotatable bonds is 4. The molecule has 1 aromatic heterocycles. The first-order valence-electron chi connectivity index (χ1n) is 5.85. The van der Waals surface area contributed by atoms with E-state index in [2.05, 4.69) is 9.49 Å². The summed E-state index contributed by atoms with van der Waals surface area (Å²) in [5, 5.41) is 1.78. The van der Waals surface area contributed by atoms with E-state index in [9.17, 15) is 21.6 Å². The molecule has 1 aromatic rings. The van der Waals surface area contributed by atoms with Crippen molar-refractivity contribution in [2.24, 2.45) is 0 Å². The molecule has 0 aliphatic heterocycles. The van der Waals surface area contributed by atoms with Crippen LogP contribution >= 0.6 is 0 Å². The van der Waals surface area contributed by atoms with Gasteiger partial charge in [0, 0.05) is 0 Å². The minimum absolute atomic E-state index is 0.0183. The molecule has 0 atom stereocenters. The number of nitrogens with one attached hydrogen (secondary N) is 1. The molecule has 0 spiro atoms. The van der Waals surface area contributed by atoms with Crippen molar-refractivity contribution < 1.29 is 21.6 Å². The van der Waals surface area contributed by atoms with Gasteiger partial charge in [0.25, 0.3) is 10.0 Å². The Bertz CT molecular complexity index is 593. The van der Waals surface area contributed by atoms with Crippen molar-refractivity contribution >= 4 is 18.3 Å². The zero-order valence-electron chi connectivity index (χ0n) is 11.9. The van der Waals surface area contributed by atoms with E-state index in [1.54, 1.807) is 13.1 Å². The monoisotopic (exact) mass is 329 g/mol. The van der Waals surface area contributed by atoms with Gasteiger partial charge in [-0.05, 0) is 5.04 Å². The van der Waals surface area contributed by atoms with Crippen LogP contribution in [-0.2, 0) is 10.0 Å². The smallest absolute Gasteiger partial charge is 0.231 e. The third-order valence-corrected chi connectivity index (χ3v) is 11.0. The van der Waals surface area contributed by atoms with Crippen LogP contribution in [-0.4, -0.2) is 26.4 Å². The highest BCUT2D eigenvalue weighted by Crippen LogP contribution is 2.35. The summed E-state index contributed by atoms with van der Waals surface area (Å²) < 4.78 is 65.0. The second-order valence-electron chi connectivity index (χ2n) is 6.02. The van der Waals surface area contributed by atoms with Crippen molar-refractivity contribution in [1.82, 2.24) is 14.2 Å². The lowest BCUT2D eigenvalue weighted by molar-refractivity contribution is 0.0551. The molecule has 0 radical (unpaired) electrons. The van der Waals surface area contributed by atoms with E-state index in [-0.39, 0.29) is 9.72 Å². The molecule has 0 saturated carbocycles. The molecular weight excluding hydrogens is 311 g/mol. The summed E-state index contributed by atoms with van der Waals surface area (Å²) in [4.78, 5) is 0. The molecule has 1 N–H and O–H groups in total. The first kappa shape index (κ1) is 17.2. The summed E-state index contributed by atoms with van der Waals surface area (Å²) >= 11 is 0. The summed E-state index contributed by atoms with van der Waals surface area (Å²) in [6.07, 6.45) is 0.366. The van der Waals surface area contributed by atoms with Crippen LogP contribution in [0.2, 0.25) is 18.1 Å². The van der Waals surface area contributed by atoms with Gasteiger partial charge in [-0.25, -0.2) is 21.9 Å². The zero-order valence-corrected chi connectivity index (χ0v) is 13.7. The molecule has 1 heterocycles. The summed E-state index contributed by atoms with van der Waals surface area (Å²) in [5.74, 6) is -1.29. The van der Waals surface area contributed by atoms with Crippen molar-refractivity contribution in [3.63, 3.8) is 0 Å². The Balaban J connectivity index is 3.19. The van der Waals surface area contributed by atoms with E-state index in [1.165, 1.54) is 0 Å². The molecule has 0 aliphatic rings. The summed E-state index contributed by atoms with van der Waals surface area (Å²) in [7, 11) is -6.78. The van der Waals surface area contributed by atoms with Crippen LogP contribution in [0.4, 0.5) is 13.2 Å². The van der Waals surface area contributed by atoms with Crippen LogP contribution in [0.25, 0.3) is 0 Å². The highest BCUT2D eigenvalue weighted by atomic mass is 32.2. The number of halogens is 3. The van der Waals surface area contributed by atoms with Gasteiger partial charge < -0.3 is 0 Å². The molecule has 20 heavy (non-hydrogen) atoms. The van der Waals surface area contributed by atoms with Crippen molar-refractivity contribution in [1.29, 1.82) is 0 Å². The third kappa shape index (κ3) is 3.41. The van der Waals surface area contributed by atoms with Gasteiger partial charge in [0.15, 0.2) is 5.82 Å². The summed E-state index contributed by atoms with van der Waals surface area (Å²) in [5.41, 5.74) is 0. The lowest BCUT2D eigenvalue weighted by atomic mass is 10.2. The molecule has 10 heteroatoms. The van der Waals surface area contributed by atoms with Gasteiger partial charge in [-0.1, -0.05) is 33.9 Å². The van der Waals surface area contributed by atoms with Crippen LogP contribution in [0, 0.1) is 5.82 Å². The lowest BCUT2D eigenvalue weighted by Crippen LogP contribution is -2.54. The Labute approximate surface area is 117 Å². The highest BCUT2D eigenvalue weighted by molar-refractivity contribution is 7.90. The van der Waals surface area contributed by atoms with E-state index < -0.39 is 35.7 Å². The Morgan fingerprint density at radius 1 is 1.35 bits per heavy atom. The molecule has 0 bridgehead atoms. The van der Waals surface area contributed by atoms with Crippen LogP contribution in [0.3, 0.4) is 0 Å². The first-order valence-corrected chi connectivity index (χ1v) is 10.3. The average Bonchev–Trinajstić information content (AvgIpc) is 2.57. The van der Waals surface area contributed by atoms with Crippen molar-refractivity contribution in [2.75, 3.05) is 0 Å². The Morgan fingerprint density at radius 2 is 1.85 bits per heavy atom. The second kappa shape index (κ2) is 5.15. The molecule has 0 aliphatic carbocycles. The van der Waals surface area contributed by atoms with Crippen LogP contribution in [0.1, 0.15) is 27.3 Å². The quantitative estimate of drug-likeness (QED) is 0.864. The molecule has 0 unspecified atom stereocenters. The average molecular weight is 329 g/mol. The fourth-order valence-electron chi connectivity index (χ4n) is 1.17. The minimum Gasteiger partial charge on any atom is -0.231 e. The molecule has 0 saturated heterocycles. The Hall–Kier alpha value is -0.873. The number of sulfonamides is 1. The number of nitrogens with zero attached hydrogens (tertiary/aromatic N) is 2. The molecule has 5 nitrogen and oxygen atoms in total. The zero-order chi connectivity index (χ0) is 15.9. The molecule has 0 aromatic carbocycles. The molecule has 116 valence electrons. The molecule has 1 rings (SSSR count). The topological polar surface area (TPSA) is 64.0 Å². The van der Waals surface area contributed by atoms with Gasteiger partial charge in [0.1, 0.15) is 8.24 Å². The molecular formula is C10H18F3N3O2SSi. The van der Waals surface area contributed by atoms with Gasteiger partial charge in [-0.2, -0.15) is 13.9 Å². The number of aromatic nitrogens is 2. The van der Waals surface area contributed by atoms with E-state index in [1.807, 2.05) is 20.8 Å². The van der Waals surface area contributed by atoms with E-state index in [0.717, 1.165) is 0 Å². The van der Waals surface area contributed by atoms with Crippen LogP contribution in [0.15, 0.2) is 11.2 Å². The standard InChI is InChI=1S/C10H18F3N3O2SSi/c1-10(2,3)20(4,5)15-19(17,18)8-7(11)6-16(14-8)9(12)13/h6,9,15H,1-5H3. The Morgan fingerprint density at radius 3 is 2.20 bits per heavy atom. The summed E-state index contributed by atoms with van der Waals surface area (Å²) in [6, 6.07) is 0. The maximum atomic E-state index is 13.5. The number of hydrogen-bond donors (Lipinski definition) is 1. The van der Waals surface area contributed by atoms with Gasteiger partial charge in [0.05, 0.1) is 6.20 Å². The SMILES string of the molecule is CC(C)(C)[Si](C)(C)NS(=O)(=O)c1nn(C(F)F)cc1F. The molecule has 0 amide bonds. The van der Waals surface area contributed by atoms with E-state index in [4.69, 9.17) is 0 Å². The van der Waals surface area contributed by atoms with Crippen LogP contribution in [0.5, 0.6) is 0 Å². The van der Waals surface area contributed by atoms with Crippen molar-refractivity contribution in [3.8, 4) is 0 Å². The van der Waals surface area contributed by atoms with Crippen molar-refractivity contribution in [3.05, 3.63) is 12.0 Å². The van der Waals surface area contributed by atoms with Crippen LogP contribution < -0.4 is 4.39 Å². The number of hydrogen-bond acceptors (Lipinski definition) is 3. The second-order valence-corrected chi connectivity index (χ2v) is 13.0. The van der Waals surface area contributed by atoms with E-state index >= 15 is 0 Å². The first-order chi connectivity index (χ1) is 8.78. The van der Waals surface area contributed by atoms with Crippen molar-refractivity contribution in [2.45, 2.75) is 50.5 Å². The summed E-state index contributed by atoms with van der Waals surface area (Å²) in [6.45, 7) is 5.99. The predicted octanol–water partition coefficient (Wildman–Crippen LogP) is 2.70. The fourth-order valence-corrected chi connectivity index (χ4v) is 5.98. The molecule has 0 fully saturated rings. The lowest BCUT2D eigenvalue weighted by Gasteiger charge is -2.36. The number of alkyl halides is 2. The van der Waals surface area contributed by atoms with Gasteiger partial charge in [0.2, 0.25) is 5.03 Å². The predicted molar refractivity (Wildman–Crippen MR) is 71.0 cm³/mol. The maximum absolute atomic E-state index is 13.5. The maximum Gasteiger partial charge on any atom is 0.333 e. The fraction of sp³-hybridized carbons (Fsp3) is 0.700. The Kier molecular flexibility index (Phi) is 4.43. The third-order valence-electron chi connectivity index (χ3n) is 3.38. The van der Waals surface area contributed by atoms with Gasteiger partial charge in [-0.15, -0.1) is 0 Å². The largest absolute Gasteiger partial charge is 0.333 e.